The van der Waals surface area contributed by atoms with E-state index in [4.69, 9.17) is 0 Å². The van der Waals surface area contributed by atoms with Crippen molar-refractivity contribution in [2.75, 3.05) is 17.6 Å². The Hall–Kier alpha value is -3.98. The molecule has 37 heavy (non-hydrogen) atoms. The summed E-state index contributed by atoms with van der Waals surface area (Å²) >= 11 is 0. The number of aromatic nitrogens is 1. The predicted molar refractivity (Wildman–Crippen MR) is 141 cm³/mol. The second-order valence-corrected chi connectivity index (χ2v) is 11.5. The quantitative estimate of drug-likeness (QED) is 0.404. The van der Waals surface area contributed by atoms with Gasteiger partial charge in [0.1, 0.15) is 11.3 Å². The summed E-state index contributed by atoms with van der Waals surface area (Å²) in [6, 6.07) is 15.7. The standard InChI is InChI=1S/C28H26FN3O4S/c1-17-4-6-18(7-5-17)12-20-13-22-25(30-14-20)27(33)24-23(26(22)31(2)37(3,35)36)16-32(28(24)34)15-19-8-10-21(29)11-9-19/h4-11,13-14,33H,12,15-16H2,1-3H3. The highest BCUT2D eigenvalue weighted by molar-refractivity contribution is 7.92. The van der Waals surface area contributed by atoms with Crippen molar-refractivity contribution < 1.29 is 22.7 Å². The summed E-state index contributed by atoms with van der Waals surface area (Å²) in [7, 11) is -2.27. The maximum atomic E-state index is 13.4. The number of phenols is 1. The van der Waals surface area contributed by atoms with Crippen molar-refractivity contribution in [3.8, 4) is 5.75 Å². The molecule has 1 N–H and O–H groups in total. The molecule has 1 aromatic heterocycles. The highest BCUT2D eigenvalue weighted by Gasteiger charge is 2.37. The van der Waals surface area contributed by atoms with Gasteiger partial charge < -0.3 is 10.0 Å². The van der Waals surface area contributed by atoms with E-state index in [0.29, 0.717) is 28.6 Å². The third-order valence-electron chi connectivity index (χ3n) is 6.73. The number of hydrogen-bond donors (Lipinski definition) is 1. The number of amides is 1. The smallest absolute Gasteiger partial charge is 0.258 e. The zero-order valence-corrected chi connectivity index (χ0v) is 21.5. The van der Waals surface area contributed by atoms with Crippen molar-refractivity contribution in [1.82, 2.24) is 9.88 Å². The van der Waals surface area contributed by atoms with Crippen LogP contribution in [-0.4, -0.2) is 42.6 Å². The topological polar surface area (TPSA) is 90.8 Å². The van der Waals surface area contributed by atoms with Gasteiger partial charge in [0.05, 0.1) is 17.5 Å². The first kappa shape index (κ1) is 24.7. The molecule has 7 nitrogen and oxygen atoms in total. The molecular formula is C28H26FN3O4S. The van der Waals surface area contributed by atoms with Crippen molar-refractivity contribution in [3.63, 3.8) is 0 Å². The maximum Gasteiger partial charge on any atom is 0.258 e. The Labute approximate surface area is 214 Å². The molecule has 1 amide bonds. The average Bonchev–Trinajstić information content (AvgIpc) is 3.17. The van der Waals surface area contributed by atoms with Gasteiger partial charge in [-0.3, -0.25) is 14.1 Å². The molecule has 2 heterocycles. The van der Waals surface area contributed by atoms with E-state index in [1.54, 1.807) is 18.3 Å². The van der Waals surface area contributed by atoms with Crippen LogP contribution in [0, 0.1) is 12.7 Å². The zero-order valence-electron chi connectivity index (χ0n) is 20.7. The molecule has 1 aliphatic rings. The van der Waals surface area contributed by atoms with Crippen LogP contribution in [0.3, 0.4) is 0 Å². The summed E-state index contributed by atoms with van der Waals surface area (Å²) in [5.74, 6) is -1.09. The number of rotatable bonds is 6. The third-order valence-corrected chi connectivity index (χ3v) is 7.90. The highest BCUT2D eigenvalue weighted by Crippen LogP contribution is 2.45. The van der Waals surface area contributed by atoms with Crippen LogP contribution < -0.4 is 4.31 Å². The number of pyridine rings is 1. The monoisotopic (exact) mass is 519 g/mol. The zero-order chi connectivity index (χ0) is 26.5. The minimum atomic E-state index is -3.70. The van der Waals surface area contributed by atoms with Crippen LogP contribution in [0.15, 0.2) is 60.8 Å². The van der Waals surface area contributed by atoms with Crippen molar-refractivity contribution in [2.24, 2.45) is 0 Å². The van der Waals surface area contributed by atoms with E-state index in [2.05, 4.69) is 4.98 Å². The highest BCUT2D eigenvalue weighted by atomic mass is 32.2. The lowest BCUT2D eigenvalue weighted by atomic mass is 9.98. The molecule has 0 saturated heterocycles. The van der Waals surface area contributed by atoms with Crippen LogP contribution in [0.2, 0.25) is 0 Å². The Morgan fingerprint density at radius 1 is 1.05 bits per heavy atom. The van der Waals surface area contributed by atoms with E-state index in [9.17, 15) is 22.7 Å². The normalized spacial score (nSPS) is 13.3. The van der Waals surface area contributed by atoms with Crippen LogP contribution >= 0.6 is 0 Å². The van der Waals surface area contributed by atoms with Crippen LogP contribution in [0.4, 0.5) is 10.1 Å². The molecule has 0 fully saturated rings. The Morgan fingerprint density at radius 3 is 2.35 bits per heavy atom. The number of halogens is 1. The first-order valence-corrected chi connectivity index (χ1v) is 13.6. The average molecular weight is 520 g/mol. The van der Waals surface area contributed by atoms with Crippen LogP contribution in [0.25, 0.3) is 10.9 Å². The number of aryl methyl sites for hydroxylation is 1. The lowest BCUT2D eigenvalue weighted by Gasteiger charge is -2.23. The number of benzene rings is 3. The summed E-state index contributed by atoms with van der Waals surface area (Å²) in [5.41, 5.74) is 4.70. The first-order valence-electron chi connectivity index (χ1n) is 11.7. The molecule has 9 heteroatoms. The first-order chi connectivity index (χ1) is 17.5. The second-order valence-electron chi connectivity index (χ2n) is 9.47. The minimum absolute atomic E-state index is 0.0406. The number of nitrogens with zero attached hydrogens (tertiary/aromatic N) is 3. The number of hydrogen-bond acceptors (Lipinski definition) is 5. The molecule has 3 aromatic carbocycles. The fourth-order valence-electron chi connectivity index (χ4n) is 4.73. The van der Waals surface area contributed by atoms with Gasteiger partial charge >= 0.3 is 0 Å². The molecule has 5 rings (SSSR count). The number of aromatic hydroxyl groups is 1. The molecule has 4 aromatic rings. The van der Waals surface area contributed by atoms with Gasteiger partial charge in [0, 0.05) is 37.3 Å². The molecule has 0 bridgehead atoms. The van der Waals surface area contributed by atoms with Crippen LogP contribution in [0.1, 0.15) is 38.2 Å². The summed E-state index contributed by atoms with van der Waals surface area (Å²) in [6.45, 7) is 2.28. The predicted octanol–water partition coefficient (Wildman–Crippen LogP) is 4.53. The fraction of sp³-hybridized carbons (Fsp3) is 0.214. The van der Waals surface area contributed by atoms with Crippen molar-refractivity contribution in [3.05, 3.63) is 100.0 Å². The summed E-state index contributed by atoms with van der Waals surface area (Å²) in [5, 5.41) is 11.6. The van der Waals surface area contributed by atoms with Crippen LogP contribution in [0.5, 0.6) is 5.75 Å². The van der Waals surface area contributed by atoms with Gasteiger partial charge in [0.2, 0.25) is 10.0 Å². The van der Waals surface area contributed by atoms with E-state index in [0.717, 1.165) is 27.3 Å². The number of phenolic OH excluding ortho intramolecular Hbond substituents is 1. The number of carbonyl (C=O) groups excluding carboxylic acids is 1. The van der Waals surface area contributed by atoms with Gasteiger partial charge in [-0.05, 0) is 48.2 Å². The fourth-order valence-corrected chi connectivity index (χ4v) is 5.27. The summed E-state index contributed by atoms with van der Waals surface area (Å²) < 4.78 is 39.8. The van der Waals surface area contributed by atoms with Gasteiger partial charge in [-0.25, -0.2) is 12.8 Å². The Balaban J connectivity index is 1.64. The van der Waals surface area contributed by atoms with Crippen molar-refractivity contribution in [1.29, 1.82) is 0 Å². The molecule has 0 atom stereocenters. The third kappa shape index (κ3) is 4.62. The number of fused-ring (bicyclic) bond motifs is 2. The van der Waals surface area contributed by atoms with Crippen molar-refractivity contribution in [2.45, 2.75) is 26.4 Å². The van der Waals surface area contributed by atoms with E-state index >= 15 is 0 Å². The molecule has 1 aliphatic heterocycles. The number of sulfonamides is 1. The van der Waals surface area contributed by atoms with Gasteiger partial charge in [-0.1, -0.05) is 42.0 Å². The molecule has 0 spiro atoms. The lowest BCUT2D eigenvalue weighted by molar-refractivity contribution is 0.0764. The number of anilines is 1. The number of carbonyl (C=O) groups is 1. The van der Waals surface area contributed by atoms with Gasteiger partial charge in [-0.15, -0.1) is 0 Å². The van der Waals surface area contributed by atoms with E-state index in [1.807, 2.05) is 37.3 Å². The summed E-state index contributed by atoms with van der Waals surface area (Å²) in [4.78, 5) is 19.4. The minimum Gasteiger partial charge on any atom is -0.505 e. The van der Waals surface area contributed by atoms with E-state index in [1.165, 1.54) is 24.1 Å². The van der Waals surface area contributed by atoms with Crippen molar-refractivity contribution >= 4 is 32.5 Å². The van der Waals surface area contributed by atoms with Crippen LogP contribution in [-0.2, 0) is 29.5 Å². The molecule has 0 aliphatic carbocycles. The Kier molecular flexibility index (Phi) is 6.11. The Bertz CT molecular complexity index is 1640. The SMILES string of the molecule is Cc1ccc(Cc2cnc3c(O)c4c(c(N(C)S(C)(=O)=O)c3c2)CN(Cc2ccc(F)cc2)C4=O)cc1. The molecular weight excluding hydrogens is 493 g/mol. The van der Waals surface area contributed by atoms with E-state index in [-0.39, 0.29) is 35.7 Å². The maximum absolute atomic E-state index is 13.4. The molecule has 190 valence electrons. The molecule has 0 unspecified atom stereocenters. The Morgan fingerprint density at radius 2 is 1.70 bits per heavy atom. The summed E-state index contributed by atoms with van der Waals surface area (Å²) in [6.07, 6.45) is 3.29. The van der Waals surface area contributed by atoms with Gasteiger partial charge in [0.15, 0.2) is 5.75 Å². The largest absolute Gasteiger partial charge is 0.505 e. The van der Waals surface area contributed by atoms with Gasteiger partial charge in [-0.2, -0.15) is 0 Å². The van der Waals surface area contributed by atoms with E-state index < -0.39 is 15.9 Å². The molecule has 0 radical (unpaired) electrons. The lowest BCUT2D eigenvalue weighted by Crippen LogP contribution is -2.26. The molecule has 0 saturated carbocycles. The van der Waals surface area contributed by atoms with Gasteiger partial charge in [0.25, 0.3) is 5.91 Å². The second kappa shape index (κ2) is 9.15.